The van der Waals surface area contributed by atoms with E-state index in [0.717, 1.165) is 12.8 Å². The van der Waals surface area contributed by atoms with Gasteiger partial charge in [0.05, 0.1) is 5.69 Å². The Morgan fingerprint density at radius 2 is 1.79 bits per heavy atom. The highest BCUT2D eigenvalue weighted by molar-refractivity contribution is 7.90. The molecule has 1 aromatic carbocycles. The Balaban J connectivity index is 2.23. The first-order valence-electron chi connectivity index (χ1n) is 6.11. The number of hydrogen-bond acceptors (Lipinski definition) is 3. The van der Waals surface area contributed by atoms with Crippen LogP contribution in [0.4, 0.5) is 5.69 Å². The molecule has 3 N–H and O–H groups in total. The van der Waals surface area contributed by atoms with E-state index in [1.165, 1.54) is 15.7 Å². The van der Waals surface area contributed by atoms with Crippen LogP contribution in [0.25, 0.3) is 0 Å². The Kier molecular flexibility index (Phi) is 3.77. The molecule has 0 atom stereocenters. The number of nitrogen functional groups attached to an aromatic ring is 1. The lowest BCUT2D eigenvalue weighted by molar-refractivity contribution is 0.476. The van der Waals surface area contributed by atoms with Crippen LogP contribution in [0.15, 0.2) is 24.3 Å². The van der Waals surface area contributed by atoms with E-state index in [2.05, 4.69) is 0 Å². The van der Waals surface area contributed by atoms with Crippen molar-refractivity contribution < 1.29 is 8.42 Å². The zero-order valence-corrected chi connectivity index (χ0v) is 11.7. The van der Waals surface area contributed by atoms with Gasteiger partial charge in [-0.1, -0.05) is 0 Å². The predicted octanol–water partition coefficient (Wildman–Crippen LogP) is 0.747. The van der Waals surface area contributed by atoms with Crippen molar-refractivity contribution >= 4 is 21.7 Å². The topological polar surface area (TPSA) is 90.5 Å². The van der Waals surface area contributed by atoms with Gasteiger partial charge in [-0.2, -0.15) is 12.7 Å². The molecule has 1 saturated heterocycles. The van der Waals surface area contributed by atoms with Gasteiger partial charge in [-0.25, -0.2) is 0 Å². The summed E-state index contributed by atoms with van der Waals surface area (Å²) in [5.74, 6) is -0.0309. The van der Waals surface area contributed by atoms with Crippen LogP contribution < -0.4 is 10.0 Å². The van der Waals surface area contributed by atoms with Crippen LogP contribution in [0.1, 0.15) is 18.4 Å². The molecule has 7 heteroatoms. The molecule has 0 aliphatic carbocycles. The average molecular weight is 282 g/mol. The standard InChI is InChI=1S/C12H18N4O2S/c1-15(19(17,18)16-8-2-3-9-16)11-6-4-10(5-7-11)12(13)14/h4-7H,2-3,8-9H2,1H3,(H3,13,14). The normalized spacial score (nSPS) is 16.5. The predicted molar refractivity (Wildman–Crippen MR) is 75.6 cm³/mol. The molecule has 1 heterocycles. The van der Waals surface area contributed by atoms with Crippen molar-refractivity contribution in [2.75, 3.05) is 24.4 Å². The molecule has 0 amide bonds. The number of nitrogens with zero attached hydrogens (tertiary/aromatic N) is 2. The largest absolute Gasteiger partial charge is 0.384 e. The average Bonchev–Trinajstić information content (AvgIpc) is 2.92. The van der Waals surface area contributed by atoms with E-state index in [-0.39, 0.29) is 5.84 Å². The zero-order valence-electron chi connectivity index (χ0n) is 10.8. The van der Waals surface area contributed by atoms with Gasteiger partial charge in [0.25, 0.3) is 0 Å². The van der Waals surface area contributed by atoms with E-state index >= 15 is 0 Å². The highest BCUT2D eigenvalue weighted by Gasteiger charge is 2.29. The Hall–Kier alpha value is -1.60. The fourth-order valence-corrected chi connectivity index (χ4v) is 3.53. The Labute approximate surface area is 113 Å². The molecular weight excluding hydrogens is 264 g/mol. The Morgan fingerprint density at radius 1 is 1.26 bits per heavy atom. The lowest BCUT2D eigenvalue weighted by atomic mass is 10.2. The minimum absolute atomic E-state index is 0.0309. The summed E-state index contributed by atoms with van der Waals surface area (Å²) < 4.78 is 27.4. The van der Waals surface area contributed by atoms with Gasteiger partial charge in [-0.15, -0.1) is 0 Å². The van der Waals surface area contributed by atoms with Gasteiger partial charge in [0.1, 0.15) is 5.84 Å². The van der Waals surface area contributed by atoms with Gasteiger partial charge in [0.2, 0.25) is 0 Å². The summed E-state index contributed by atoms with van der Waals surface area (Å²) in [6.07, 6.45) is 1.83. The van der Waals surface area contributed by atoms with Crippen LogP contribution in [0.3, 0.4) is 0 Å². The molecule has 6 nitrogen and oxygen atoms in total. The van der Waals surface area contributed by atoms with Crippen LogP contribution in [-0.2, 0) is 10.2 Å². The van der Waals surface area contributed by atoms with Gasteiger partial charge in [-0.05, 0) is 37.1 Å². The summed E-state index contributed by atoms with van der Waals surface area (Å²) in [5.41, 5.74) is 6.51. The third-order valence-corrected chi connectivity index (χ3v) is 5.20. The molecule has 1 aromatic rings. The van der Waals surface area contributed by atoms with Crippen LogP contribution in [0, 0.1) is 5.41 Å². The third kappa shape index (κ3) is 2.71. The van der Waals surface area contributed by atoms with Crippen molar-refractivity contribution in [3.05, 3.63) is 29.8 Å². The molecule has 1 aliphatic heterocycles. The highest BCUT2D eigenvalue weighted by Crippen LogP contribution is 2.22. The molecular formula is C12H18N4O2S. The van der Waals surface area contributed by atoms with Crippen LogP contribution >= 0.6 is 0 Å². The zero-order chi connectivity index (χ0) is 14.0. The van der Waals surface area contributed by atoms with E-state index in [1.807, 2.05) is 0 Å². The number of nitrogens with two attached hydrogens (primary N) is 1. The first kappa shape index (κ1) is 13.8. The summed E-state index contributed by atoms with van der Waals surface area (Å²) in [4.78, 5) is 0. The van der Waals surface area contributed by atoms with E-state index in [9.17, 15) is 8.42 Å². The quantitative estimate of drug-likeness (QED) is 0.630. The molecule has 1 fully saturated rings. The first-order valence-corrected chi connectivity index (χ1v) is 7.51. The maximum absolute atomic E-state index is 12.3. The van der Waals surface area contributed by atoms with Gasteiger partial charge < -0.3 is 5.73 Å². The maximum atomic E-state index is 12.3. The van der Waals surface area contributed by atoms with Crippen molar-refractivity contribution in [3.8, 4) is 0 Å². The van der Waals surface area contributed by atoms with Crippen molar-refractivity contribution in [2.24, 2.45) is 5.73 Å². The van der Waals surface area contributed by atoms with E-state index in [0.29, 0.717) is 24.3 Å². The SMILES string of the molecule is CN(c1ccc(C(=N)N)cc1)S(=O)(=O)N1CCCC1. The highest BCUT2D eigenvalue weighted by atomic mass is 32.2. The second kappa shape index (κ2) is 5.18. The van der Waals surface area contributed by atoms with E-state index in [4.69, 9.17) is 11.1 Å². The Bertz CT molecular complexity index is 562. The smallest absolute Gasteiger partial charge is 0.303 e. The monoisotopic (exact) mass is 282 g/mol. The maximum Gasteiger partial charge on any atom is 0.303 e. The fraction of sp³-hybridized carbons (Fsp3) is 0.417. The molecule has 0 bridgehead atoms. The summed E-state index contributed by atoms with van der Waals surface area (Å²) in [5, 5.41) is 7.31. The summed E-state index contributed by atoms with van der Waals surface area (Å²) in [7, 11) is -1.90. The van der Waals surface area contributed by atoms with Gasteiger partial charge in [0.15, 0.2) is 0 Å². The number of hydrogen-bond donors (Lipinski definition) is 2. The summed E-state index contributed by atoms with van der Waals surface area (Å²) in [6, 6.07) is 6.61. The van der Waals surface area contributed by atoms with Crippen molar-refractivity contribution in [2.45, 2.75) is 12.8 Å². The van der Waals surface area contributed by atoms with Crippen molar-refractivity contribution in [1.29, 1.82) is 5.41 Å². The number of amidine groups is 1. The molecule has 1 aliphatic rings. The molecule has 0 saturated carbocycles. The van der Waals surface area contributed by atoms with E-state index in [1.54, 1.807) is 24.3 Å². The van der Waals surface area contributed by atoms with Gasteiger partial charge >= 0.3 is 10.2 Å². The molecule has 0 spiro atoms. The van der Waals surface area contributed by atoms with Crippen molar-refractivity contribution in [1.82, 2.24) is 4.31 Å². The summed E-state index contributed by atoms with van der Waals surface area (Å²) in [6.45, 7) is 1.16. The van der Waals surface area contributed by atoms with Crippen molar-refractivity contribution in [3.63, 3.8) is 0 Å². The number of anilines is 1. The molecule has 0 unspecified atom stereocenters. The minimum Gasteiger partial charge on any atom is -0.384 e. The summed E-state index contributed by atoms with van der Waals surface area (Å²) >= 11 is 0. The third-order valence-electron chi connectivity index (χ3n) is 3.28. The fourth-order valence-electron chi connectivity index (χ4n) is 2.08. The van der Waals surface area contributed by atoms with Crippen LogP contribution in [-0.4, -0.2) is 38.7 Å². The molecule has 0 radical (unpaired) electrons. The van der Waals surface area contributed by atoms with E-state index < -0.39 is 10.2 Å². The second-order valence-corrected chi connectivity index (χ2v) is 6.50. The molecule has 104 valence electrons. The van der Waals surface area contributed by atoms with Crippen LogP contribution in [0.2, 0.25) is 0 Å². The lowest BCUT2D eigenvalue weighted by Crippen LogP contribution is -2.40. The number of nitrogens with one attached hydrogen (secondary N) is 1. The minimum atomic E-state index is -3.44. The first-order chi connectivity index (χ1) is 8.93. The second-order valence-electron chi connectivity index (χ2n) is 4.54. The Morgan fingerprint density at radius 3 is 2.26 bits per heavy atom. The number of rotatable bonds is 4. The molecule has 19 heavy (non-hydrogen) atoms. The number of benzene rings is 1. The lowest BCUT2D eigenvalue weighted by Gasteiger charge is -2.25. The van der Waals surface area contributed by atoms with Gasteiger partial charge in [-0.3, -0.25) is 9.71 Å². The molecule has 2 rings (SSSR count). The van der Waals surface area contributed by atoms with Crippen LogP contribution in [0.5, 0.6) is 0 Å². The van der Waals surface area contributed by atoms with Gasteiger partial charge in [0, 0.05) is 25.7 Å². The molecule has 0 aromatic heterocycles.